The van der Waals surface area contributed by atoms with Gasteiger partial charge in [0.05, 0.1) is 11.3 Å². The van der Waals surface area contributed by atoms with Crippen LogP contribution in [0.25, 0.3) is 0 Å². The number of benzene rings is 2. The molecule has 0 aromatic heterocycles. The second kappa shape index (κ2) is 11.3. The molecule has 0 unspecified atom stereocenters. The number of carbonyl (C=O) groups excluding carboxylic acids is 2. The molecule has 0 saturated carbocycles. The van der Waals surface area contributed by atoms with E-state index < -0.39 is 16.8 Å². The van der Waals surface area contributed by atoms with E-state index in [1.165, 1.54) is 12.1 Å². The zero-order chi connectivity index (χ0) is 31.3. The smallest absolute Gasteiger partial charge is 0.305 e. The fourth-order valence-electron chi connectivity index (χ4n) is 6.59. The molecule has 0 atom stereocenters. The Morgan fingerprint density at radius 3 is 2.05 bits per heavy atom. The molecule has 226 valence electrons. The number of hydrogen-bond donors (Lipinski definition) is 1. The number of hydrogen-bond acceptors (Lipinski definition) is 7. The van der Waals surface area contributed by atoms with E-state index in [2.05, 4.69) is 0 Å². The normalized spacial score (nSPS) is 19.7. The zero-order valence-electron chi connectivity index (χ0n) is 24.7. The van der Waals surface area contributed by atoms with Crippen LogP contribution in [0.4, 0.5) is 5.69 Å². The first-order valence-corrected chi connectivity index (χ1v) is 14.7. The maximum absolute atomic E-state index is 14.0. The van der Waals surface area contributed by atoms with Gasteiger partial charge >= 0.3 is 5.97 Å². The summed E-state index contributed by atoms with van der Waals surface area (Å²) in [4.78, 5) is 52.3. The van der Waals surface area contributed by atoms with Crippen LogP contribution in [0.5, 0.6) is 5.75 Å². The van der Waals surface area contributed by atoms with Crippen LogP contribution < -0.4 is 4.74 Å². The molecule has 0 radical (unpaired) electrons. The van der Waals surface area contributed by atoms with Crippen molar-refractivity contribution in [2.45, 2.75) is 72.3 Å². The van der Waals surface area contributed by atoms with Gasteiger partial charge in [-0.25, -0.2) is 0 Å². The average Bonchev–Trinajstić information content (AvgIpc) is 2.89. The molecule has 10 heteroatoms. The number of carboxylic acid groups (broad SMARTS) is 1. The predicted molar refractivity (Wildman–Crippen MR) is 161 cm³/mol. The molecule has 1 heterocycles. The van der Waals surface area contributed by atoms with Crippen molar-refractivity contribution in [2.75, 3.05) is 6.54 Å². The molecule has 1 N–H and O–H groups in total. The number of Topliss-reactive ketones (excluding diaryl/α,β-unsaturated/α-hetero) is 2. The van der Waals surface area contributed by atoms with E-state index in [4.69, 9.17) is 16.3 Å². The van der Waals surface area contributed by atoms with Crippen molar-refractivity contribution in [2.24, 2.45) is 10.8 Å². The Labute approximate surface area is 255 Å². The lowest BCUT2D eigenvalue weighted by Crippen LogP contribution is -2.45. The summed E-state index contributed by atoms with van der Waals surface area (Å²) in [5.74, 6) is -1.39. The summed E-state index contributed by atoms with van der Waals surface area (Å²) >= 11 is 6.53. The molecular weight excluding hydrogens is 572 g/mol. The molecule has 3 aliphatic rings. The summed E-state index contributed by atoms with van der Waals surface area (Å²) in [6.45, 7) is 8.36. The van der Waals surface area contributed by atoms with Gasteiger partial charge in [0.2, 0.25) is 0 Å². The number of halogens is 1. The van der Waals surface area contributed by atoms with Crippen LogP contribution in [-0.2, 0) is 21.0 Å². The molecule has 0 spiro atoms. The van der Waals surface area contributed by atoms with Crippen LogP contribution >= 0.6 is 11.6 Å². The third kappa shape index (κ3) is 6.22. The van der Waals surface area contributed by atoms with Crippen LogP contribution in [0.3, 0.4) is 0 Å². The number of aliphatic carboxylic acids is 1. The molecule has 2 aromatic carbocycles. The molecule has 2 aromatic rings. The Balaban J connectivity index is 1.66. The van der Waals surface area contributed by atoms with Crippen molar-refractivity contribution in [1.29, 1.82) is 0 Å². The monoisotopic (exact) mass is 606 g/mol. The summed E-state index contributed by atoms with van der Waals surface area (Å²) in [6, 6.07) is 11.2. The number of carbonyl (C=O) groups is 3. The number of nitrogens with zero attached hydrogens (tertiary/aromatic N) is 2. The van der Waals surface area contributed by atoms with Crippen molar-refractivity contribution >= 4 is 34.8 Å². The molecular formula is C33H35ClN2O7. The second-order valence-electron chi connectivity index (χ2n) is 13.2. The molecule has 0 bridgehead atoms. The minimum absolute atomic E-state index is 0.0259. The largest absolute Gasteiger partial charge is 0.489 e. The van der Waals surface area contributed by atoms with E-state index in [1.807, 2.05) is 32.6 Å². The summed E-state index contributed by atoms with van der Waals surface area (Å²) in [6.07, 6.45) is 1.54. The molecule has 0 saturated heterocycles. The van der Waals surface area contributed by atoms with Gasteiger partial charge in [-0.1, -0.05) is 39.3 Å². The zero-order valence-corrected chi connectivity index (χ0v) is 25.5. The Morgan fingerprint density at radius 2 is 1.53 bits per heavy atom. The van der Waals surface area contributed by atoms with Crippen molar-refractivity contribution < 1.29 is 29.2 Å². The minimum atomic E-state index is -0.953. The fourth-order valence-corrected chi connectivity index (χ4v) is 6.77. The summed E-state index contributed by atoms with van der Waals surface area (Å²) in [5.41, 5.74) is 3.10. The van der Waals surface area contributed by atoms with E-state index in [9.17, 15) is 29.6 Å². The SMILES string of the molecule is CC1(C)CC(=O)C2=C(C1)N(CCC(=O)O)C1=C(C(=O)CC(C)(C)C1)C2c1cc(Cl)ccc1OCc1ccc([N+](=O)[O-])cc1. The highest BCUT2D eigenvalue weighted by molar-refractivity contribution is 6.30. The highest BCUT2D eigenvalue weighted by Gasteiger charge is 2.49. The quantitative estimate of drug-likeness (QED) is 0.252. The number of non-ortho nitro benzene ring substituents is 1. The number of carboxylic acids is 1. The van der Waals surface area contributed by atoms with E-state index >= 15 is 0 Å². The number of ether oxygens (including phenoxy) is 1. The standard InChI is InChI=1S/C33H35ClN2O7/c1-32(2)14-23-30(25(37)16-32)29(31-24(35(23)12-11-28(39)40)15-33(3,4)17-26(31)38)22-13-20(34)7-10-27(22)43-18-19-5-8-21(9-6-19)36(41)42/h5-10,13,29H,11-12,14-18H2,1-4H3,(H,39,40). The van der Waals surface area contributed by atoms with Gasteiger partial charge in [-0.05, 0) is 59.6 Å². The van der Waals surface area contributed by atoms with Gasteiger partial charge in [-0.3, -0.25) is 24.5 Å². The molecule has 2 aliphatic carbocycles. The molecule has 5 rings (SSSR count). The van der Waals surface area contributed by atoms with Gasteiger partial charge in [0.25, 0.3) is 5.69 Å². The van der Waals surface area contributed by atoms with Crippen LogP contribution in [0.2, 0.25) is 5.02 Å². The topological polar surface area (TPSA) is 127 Å². The van der Waals surface area contributed by atoms with Crippen molar-refractivity contribution in [3.63, 3.8) is 0 Å². The second-order valence-corrected chi connectivity index (χ2v) is 13.7. The van der Waals surface area contributed by atoms with Crippen molar-refractivity contribution in [3.05, 3.63) is 91.3 Å². The van der Waals surface area contributed by atoms with Gasteiger partial charge in [-0.15, -0.1) is 0 Å². The Kier molecular flexibility index (Phi) is 7.98. The van der Waals surface area contributed by atoms with Crippen LogP contribution in [0, 0.1) is 20.9 Å². The van der Waals surface area contributed by atoms with Gasteiger partial charge in [-0.2, -0.15) is 0 Å². The maximum atomic E-state index is 14.0. The van der Waals surface area contributed by atoms with E-state index in [-0.39, 0.29) is 60.5 Å². The number of rotatable bonds is 8. The lowest BCUT2D eigenvalue weighted by Gasteiger charge is -2.49. The van der Waals surface area contributed by atoms with Crippen LogP contribution in [0.1, 0.15) is 76.8 Å². The summed E-state index contributed by atoms with van der Waals surface area (Å²) in [5, 5.41) is 21.1. The molecule has 0 amide bonds. The van der Waals surface area contributed by atoms with E-state index in [0.717, 1.165) is 11.4 Å². The van der Waals surface area contributed by atoms with Gasteiger partial charge in [0, 0.05) is 70.6 Å². The predicted octanol–water partition coefficient (Wildman–Crippen LogP) is 6.99. The number of nitro benzene ring substituents is 1. The van der Waals surface area contributed by atoms with Gasteiger partial charge in [0.15, 0.2) is 11.6 Å². The number of nitro groups is 1. The highest BCUT2D eigenvalue weighted by Crippen LogP contribution is 2.55. The van der Waals surface area contributed by atoms with Gasteiger partial charge in [0.1, 0.15) is 12.4 Å². The first-order valence-electron chi connectivity index (χ1n) is 14.3. The fraction of sp³-hybridized carbons (Fsp3) is 0.424. The third-order valence-electron chi connectivity index (χ3n) is 8.40. The molecule has 43 heavy (non-hydrogen) atoms. The Hall–Kier alpha value is -3.98. The van der Waals surface area contributed by atoms with Crippen LogP contribution in [0.15, 0.2) is 65.0 Å². The lowest BCUT2D eigenvalue weighted by atomic mass is 9.63. The Morgan fingerprint density at radius 1 is 0.977 bits per heavy atom. The average molecular weight is 607 g/mol. The number of allylic oxidation sites excluding steroid dienone is 4. The van der Waals surface area contributed by atoms with Crippen molar-refractivity contribution in [1.82, 2.24) is 4.90 Å². The molecule has 1 aliphatic heterocycles. The first-order chi connectivity index (χ1) is 20.2. The minimum Gasteiger partial charge on any atom is -0.489 e. The van der Waals surface area contributed by atoms with E-state index in [1.54, 1.807) is 30.3 Å². The summed E-state index contributed by atoms with van der Waals surface area (Å²) in [7, 11) is 0. The third-order valence-corrected chi connectivity index (χ3v) is 8.63. The molecule has 9 nitrogen and oxygen atoms in total. The molecule has 0 fully saturated rings. The number of ketones is 2. The summed E-state index contributed by atoms with van der Waals surface area (Å²) < 4.78 is 6.26. The van der Waals surface area contributed by atoms with Crippen LogP contribution in [-0.4, -0.2) is 39.0 Å². The maximum Gasteiger partial charge on any atom is 0.305 e. The van der Waals surface area contributed by atoms with Crippen molar-refractivity contribution in [3.8, 4) is 5.75 Å². The first kappa shape index (κ1) is 30.5. The highest BCUT2D eigenvalue weighted by atomic mass is 35.5. The van der Waals surface area contributed by atoms with E-state index in [0.29, 0.717) is 45.9 Å². The Bertz CT molecular complexity index is 1530. The lowest BCUT2D eigenvalue weighted by molar-refractivity contribution is -0.384. The van der Waals surface area contributed by atoms with Gasteiger partial charge < -0.3 is 14.7 Å².